The van der Waals surface area contributed by atoms with E-state index in [9.17, 15) is 0 Å². The topological polar surface area (TPSA) is 15.3 Å². The third-order valence-corrected chi connectivity index (χ3v) is 4.44. The fourth-order valence-electron chi connectivity index (χ4n) is 2.58. The van der Waals surface area contributed by atoms with Gasteiger partial charge in [0.05, 0.1) is 0 Å². The lowest BCUT2D eigenvalue weighted by Gasteiger charge is -2.15. The van der Waals surface area contributed by atoms with Crippen molar-refractivity contribution in [3.8, 4) is 0 Å². The first-order valence-corrected chi connectivity index (χ1v) is 7.34. The predicted molar refractivity (Wildman–Crippen MR) is 69.0 cm³/mol. The van der Waals surface area contributed by atoms with Crippen molar-refractivity contribution in [1.82, 2.24) is 10.2 Å². The average Bonchev–Trinajstić information content (AvgIpc) is 2.83. The fraction of sp³-hybridized carbons (Fsp3) is 0.692. The van der Waals surface area contributed by atoms with Gasteiger partial charge in [-0.2, -0.15) is 11.3 Å². The van der Waals surface area contributed by atoms with Crippen LogP contribution in [0.5, 0.6) is 0 Å². The number of thiophene rings is 1. The van der Waals surface area contributed by atoms with Gasteiger partial charge in [0.2, 0.25) is 0 Å². The Balaban J connectivity index is 1.36. The van der Waals surface area contributed by atoms with Gasteiger partial charge in [0.25, 0.3) is 0 Å². The van der Waals surface area contributed by atoms with E-state index in [1.807, 2.05) is 0 Å². The molecule has 2 heterocycles. The maximum atomic E-state index is 3.70. The molecule has 1 aromatic rings. The van der Waals surface area contributed by atoms with Crippen LogP contribution in [-0.2, 0) is 6.42 Å². The van der Waals surface area contributed by atoms with Crippen LogP contribution >= 0.6 is 11.3 Å². The molecule has 1 aliphatic heterocycles. The Kier molecular flexibility index (Phi) is 3.27. The molecule has 1 atom stereocenters. The van der Waals surface area contributed by atoms with E-state index in [0.717, 1.165) is 18.6 Å². The summed E-state index contributed by atoms with van der Waals surface area (Å²) in [5, 5.41) is 8.12. The number of likely N-dealkylation sites (tertiary alicyclic amines) is 1. The average molecular weight is 236 g/mol. The highest BCUT2D eigenvalue weighted by Crippen LogP contribution is 2.29. The van der Waals surface area contributed by atoms with Crippen LogP contribution in [0.2, 0.25) is 0 Å². The second kappa shape index (κ2) is 4.86. The Labute approximate surface area is 102 Å². The SMILES string of the molecule is c1cc(CCNC2CCN(C3CC3)C2)cs1. The van der Waals surface area contributed by atoms with Crippen molar-refractivity contribution in [2.24, 2.45) is 0 Å². The summed E-state index contributed by atoms with van der Waals surface area (Å²) in [7, 11) is 0. The van der Waals surface area contributed by atoms with E-state index in [0.29, 0.717) is 0 Å². The van der Waals surface area contributed by atoms with Gasteiger partial charge in [-0.1, -0.05) is 0 Å². The maximum absolute atomic E-state index is 3.70. The Morgan fingerprint density at radius 2 is 2.31 bits per heavy atom. The second-order valence-electron chi connectivity index (χ2n) is 5.05. The van der Waals surface area contributed by atoms with Crippen molar-refractivity contribution < 1.29 is 0 Å². The summed E-state index contributed by atoms with van der Waals surface area (Å²) in [6.45, 7) is 3.75. The van der Waals surface area contributed by atoms with E-state index in [-0.39, 0.29) is 0 Å². The first-order valence-electron chi connectivity index (χ1n) is 6.40. The van der Waals surface area contributed by atoms with Crippen LogP contribution in [0, 0.1) is 0 Å². The van der Waals surface area contributed by atoms with Crippen LogP contribution in [0.3, 0.4) is 0 Å². The molecule has 1 N–H and O–H groups in total. The normalized spacial score (nSPS) is 26.4. The molecule has 1 aliphatic carbocycles. The summed E-state index contributed by atoms with van der Waals surface area (Å²) >= 11 is 1.80. The van der Waals surface area contributed by atoms with Crippen molar-refractivity contribution in [1.29, 1.82) is 0 Å². The highest BCUT2D eigenvalue weighted by molar-refractivity contribution is 7.07. The molecule has 3 heteroatoms. The minimum atomic E-state index is 0.749. The zero-order valence-electron chi connectivity index (χ0n) is 9.69. The quantitative estimate of drug-likeness (QED) is 0.842. The second-order valence-corrected chi connectivity index (χ2v) is 5.83. The molecule has 1 saturated heterocycles. The molecule has 16 heavy (non-hydrogen) atoms. The van der Waals surface area contributed by atoms with Crippen LogP contribution in [0.4, 0.5) is 0 Å². The largest absolute Gasteiger partial charge is 0.312 e. The lowest BCUT2D eigenvalue weighted by atomic mass is 10.2. The monoisotopic (exact) mass is 236 g/mol. The molecule has 0 spiro atoms. The van der Waals surface area contributed by atoms with E-state index in [1.165, 1.54) is 44.3 Å². The minimum absolute atomic E-state index is 0.749. The summed E-state index contributed by atoms with van der Waals surface area (Å²) in [5.41, 5.74) is 1.48. The molecule has 0 amide bonds. The van der Waals surface area contributed by atoms with Gasteiger partial charge in [0, 0.05) is 25.2 Å². The summed E-state index contributed by atoms with van der Waals surface area (Å²) in [6, 6.07) is 3.93. The van der Waals surface area contributed by atoms with Crippen LogP contribution in [0.1, 0.15) is 24.8 Å². The van der Waals surface area contributed by atoms with Gasteiger partial charge < -0.3 is 5.32 Å². The van der Waals surface area contributed by atoms with Crippen molar-refractivity contribution >= 4 is 11.3 Å². The van der Waals surface area contributed by atoms with Gasteiger partial charge in [0.1, 0.15) is 0 Å². The summed E-state index contributed by atoms with van der Waals surface area (Å²) < 4.78 is 0. The molecular weight excluding hydrogens is 216 g/mol. The Bertz CT molecular complexity index is 319. The molecule has 2 aliphatic rings. The molecule has 88 valence electrons. The summed E-state index contributed by atoms with van der Waals surface area (Å²) in [4.78, 5) is 2.67. The van der Waals surface area contributed by atoms with Gasteiger partial charge >= 0.3 is 0 Å². The van der Waals surface area contributed by atoms with E-state index in [1.54, 1.807) is 11.3 Å². The smallest absolute Gasteiger partial charge is 0.0207 e. The van der Waals surface area contributed by atoms with Gasteiger partial charge in [-0.15, -0.1) is 0 Å². The number of nitrogens with zero attached hydrogens (tertiary/aromatic N) is 1. The Hall–Kier alpha value is -0.380. The molecule has 1 unspecified atom stereocenters. The molecule has 2 nitrogen and oxygen atoms in total. The van der Waals surface area contributed by atoms with Crippen molar-refractivity contribution in [3.05, 3.63) is 22.4 Å². The molecule has 0 radical (unpaired) electrons. The molecule has 1 saturated carbocycles. The maximum Gasteiger partial charge on any atom is 0.0207 e. The zero-order chi connectivity index (χ0) is 10.8. The number of hydrogen-bond donors (Lipinski definition) is 1. The van der Waals surface area contributed by atoms with Crippen molar-refractivity contribution in [3.63, 3.8) is 0 Å². The van der Waals surface area contributed by atoms with Crippen LogP contribution in [0.25, 0.3) is 0 Å². The molecule has 1 aromatic heterocycles. The predicted octanol–water partition coefficient (Wildman–Crippen LogP) is 2.12. The highest BCUT2D eigenvalue weighted by Gasteiger charge is 2.33. The zero-order valence-corrected chi connectivity index (χ0v) is 10.5. The lowest BCUT2D eigenvalue weighted by molar-refractivity contribution is 0.318. The van der Waals surface area contributed by atoms with Crippen LogP contribution in [0.15, 0.2) is 16.8 Å². The van der Waals surface area contributed by atoms with Gasteiger partial charge in [-0.3, -0.25) is 4.90 Å². The number of hydrogen-bond acceptors (Lipinski definition) is 3. The minimum Gasteiger partial charge on any atom is -0.312 e. The molecule has 2 fully saturated rings. The standard InChI is InChI=1S/C13H20N2S/c1-2-13(1)15-7-4-12(9-15)14-6-3-11-5-8-16-10-11/h5,8,10,12-14H,1-4,6-7,9H2. The van der Waals surface area contributed by atoms with Crippen LogP contribution < -0.4 is 5.32 Å². The van der Waals surface area contributed by atoms with Gasteiger partial charge in [-0.05, 0) is 54.6 Å². The first kappa shape index (κ1) is 10.8. The van der Waals surface area contributed by atoms with Gasteiger partial charge in [0.15, 0.2) is 0 Å². The van der Waals surface area contributed by atoms with Crippen molar-refractivity contribution in [2.75, 3.05) is 19.6 Å². The molecule has 0 bridgehead atoms. The number of nitrogens with one attached hydrogen (secondary N) is 1. The molecule has 0 aromatic carbocycles. The fourth-order valence-corrected chi connectivity index (χ4v) is 3.28. The van der Waals surface area contributed by atoms with E-state index in [4.69, 9.17) is 0 Å². The van der Waals surface area contributed by atoms with Crippen molar-refractivity contribution in [2.45, 2.75) is 37.8 Å². The third-order valence-electron chi connectivity index (χ3n) is 3.71. The summed E-state index contributed by atoms with van der Waals surface area (Å²) in [5.74, 6) is 0. The molecular formula is C13H20N2S. The Morgan fingerprint density at radius 1 is 1.38 bits per heavy atom. The lowest BCUT2D eigenvalue weighted by Crippen LogP contribution is -2.34. The number of rotatable bonds is 5. The Morgan fingerprint density at radius 3 is 3.06 bits per heavy atom. The first-order chi connectivity index (χ1) is 7.92. The summed E-state index contributed by atoms with van der Waals surface area (Å²) in [6.07, 6.45) is 5.42. The third kappa shape index (κ3) is 2.65. The highest BCUT2D eigenvalue weighted by atomic mass is 32.1. The van der Waals surface area contributed by atoms with Crippen LogP contribution in [-0.4, -0.2) is 36.6 Å². The van der Waals surface area contributed by atoms with E-state index >= 15 is 0 Å². The van der Waals surface area contributed by atoms with Gasteiger partial charge in [-0.25, -0.2) is 0 Å². The molecule has 3 rings (SSSR count). The van der Waals surface area contributed by atoms with E-state index < -0.39 is 0 Å². The van der Waals surface area contributed by atoms with E-state index in [2.05, 4.69) is 27.0 Å².